The van der Waals surface area contributed by atoms with Crippen molar-refractivity contribution in [3.05, 3.63) is 52.0 Å². The van der Waals surface area contributed by atoms with Crippen LogP contribution in [-0.4, -0.2) is 17.4 Å². The number of unbranched alkanes of at least 4 members (excludes halogenated alkanes) is 1. The highest BCUT2D eigenvalue weighted by Crippen LogP contribution is 2.13. The molecule has 1 aromatic carbocycles. The summed E-state index contributed by atoms with van der Waals surface area (Å²) >= 11 is 1.70. The molecule has 3 N–H and O–H groups in total. The Bertz CT molecular complexity index is 583. The summed E-state index contributed by atoms with van der Waals surface area (Å²) in [6.07, 6.45) is 3.32. The number of aryl methyl sites for hydroxylation is 2. The molecular weight excluding hydrogens is 294 g/mol. The largest absolute Gasteiger partial charge is 0.356 e. The number of thiazole rings is 1. The first-order valence-corrected chi connectivity index (χ1v) is 8.51. The Morgan fingerprint density at radius 2 is 2.09 bits per heavy atom. The molecule has 0 aliphatic rings. The van der Waals surface area contributed by atoms with E-state index in [9.17, 15) is 4.79 Å². The maximum atomic E-state index is 11.9. The van der Waals surface area contributed by atoms with Gasteiger partial charge in [-0.2, -0.15) is 0 Å². The Labute approximate surface area is 135 Å². The number of rotatable bonds is 8. The van der Waals surface area contributed by atoms with E-state index in [1.165, 1.54) is 5.01 Å². The van der Waals surface area contributed by atoms with Crippen molar-refractivity contribution in [1.82, 2.24) is 10.3 Å². The zero-order valence-electron chi connectivity index (χ0n) is 12.9. The standard InChI is InChI=1S/C17H23N3OS/c1-13-12-22-17(20-13)9-5-6-10-19-16(21)11-15(18)14-7-3-2-4-8-14/h2-4,7-8,12,15H,5-6,9-11,18H2,1H3,(H,19,21). The molecule has 0 fully saturated rings. The Morgan fingerprint density at radius 3 is 2.77 bits per heavy atom. The Hall–Kier alpha value is -1.72. The van der Waals surface area contributed by atoms with Crippen molar-refractivity contribution in [3.8, 4) is 0 Å². The number of benzene rings is 1. The molecule has 4 nitrogen and oxygen atoms in total. The molecule has 5 heteroatoms. The molecule has 0 spiro atoms. The van der Waals surface area contributed by atoms with Crippen molar-refractivity contribution >= 4 is 17.2 Å². The summed E-state index contributed by atoms with van der Waals surface area (Å²) in [4.78, 5) is 16.3. The second-order valence-electron chi connectivity index (χ2n) is 5.41. The highest BCUT2D eigenvalue weighted by Gasteiger charge is 2.10. The van der Waals surface area contributed by atoms with Gasteiger partial charge in [-0.1, -0.05) is 30.3 Å². The number of hydrogen-bond donors (Lipinski definition) is 2. The second-order valence-corrected chi connectivity index (χ2v) is 6.35. The van der Waals surface area contributed by atoms with Crippen LogP contribution in [-0.2, 0) is 11.2 Å². The smallest absolute Gasteiger partial charge is 0.221 e. The van der Waals surface area contributed by atoms with Gasteiger partial charge >= 0.3 is 0 Å². The van der Waals surface area contributed by atoms with Crippen LogP contribution in [0.1, 0.15) is 41.6 Å². The van der Waals surface area contributed by atoms with Crippen LogP contribution in [0.4, 0.5) is 0 Å². The summed E-state index contributed by atoms with van der Waals surface area (Å²) < 4.78 is 0. The van der Waals surface area contributed by atoms with Crippen LogP contribution in [0, 0.1) is 6.92 Å². The van der Waals surface area contributed by atoms with Crippen molar-refractivity contribution in [2.45, 2.75) is 38.6 Å². The van der Waals surface area contributed by atoms with Gasteiger partial charge in [0.2, 0.25) is 5.91 Å². The van der Waals surface area contributed by atoms with Gasteiger partial charge in [-0.3, -0.25) is 4.79 Å². The molecule has 0 aliphatic heterocycles. The first-order chi connectivity index (χ1) is 10.6. The van der Waals surface area contributed by atoms with Crippen LogP contribution in [0.2, 0.25) is 0 Å². The third-order valence-electron chi connectivity index (χ3n) is 3.44. The fraction of sp³-hybridized carbons (Fsp3) is 0.412. The van der Waals surface area contributed by atoms with E-state index >= 15 is 0 Å². The van der Waals surface area contributed by atoms with Gasteiger partial charge in [-0.25, -0.2) is 4.98 Å². The Morgan fingerprint density at radius 1 is 1.32 bits per heavy atom. The van der Waals surface area contributed by atoms with E-state index in [0.717, 1.165) is 30.5 Å². The maximum absolute atomic E-state index is 11.9. The number of carbonyl (C=O) groups is 1. The Balaban J connectivity index is 1.59. The summed E-state index contributed by atoms with van der Waals surface area (Å²) in [7, 11) is 0. The van der Waals surface area contributed by atoms with Crippen LogP contribution in [0.5, 0.6) is 0 Å². The van der Waals surface area contributed by atoms with E-state index in [1.807, 2.05) is 37.3 Å². The molecule has 1 aromatic heterocycles. The molecule has 2 aromatic rings. The number of carbonyl (C=O) groups excluding carboxylic acids is 1. The lowest BCUT2D eigenvalue weighted by Gasteiger charge is -2.12. The first-order valence-electron chi connectivity index (χ1n) is 7.63. The minimum Gasteiger partial charge on any atom is -0.356 e. The SMILES string of the molecule is Cc1csc(CCCCNC(=O)CC(N)c2ccccc2)n1. The van der Waals surface area contributed by atoms with Crippen molar-refractivity contribution in [3.63, 3.8) is 0 Å². The number of amides is 1. The molecule has 1 amide bonds. The number of nitrogens with two attached hydrogens (primary N) is 1. The molecule has 0 aliphatic carbocycles. The van der Waals surface area contributed by atoms with Gasteiger partial charge in [0.1, 0.15) is 0 Å². The van der Waals surface area contributed by atoms with Gasteiger partial charge in [-0.05, 0) is 31.7 Å². The highest BCUT2D eigenvalue weighted by atomic mass is 32.1. The topological polar surface area (TPSA) is 68.0 Å². The summed E-state index contributed by atoms with van der Waals surface area (Å²) in [5.74, 6) is 0.0152. The lowest BCUT2D eigenvalue weighted by Crippen LogP contribution is -2.28. The van der Waals surface area contributed by atoms with E-state index < -0.39 is 0 Å². The average Bonchev–Trinajstić information content (AvgIpc) is 2.93. The molecule has 1 atom stereocenters. The van der Waals surface area contributed by atoms with Crippen LogP contribution in [0.25, 0.3) is 0 Å². The minimum absolute atomic E-state index is 0.0152. The molecule has 0 radical (unpaired) electrons. The molecule has 0 saturated carbocycles. The van der Waals surface area contributed by atoms with Crippen LogP contribution >= 0.6 is 11.3 Å². The van der Waals surface area contributed by atoms with Crippen molar-refractivity contribution in [2.24, 2.45) is 5.73 Å². The molecule has 22 heavy (non-hydrogen) atoms. The van der Waals surface area contributed by atoms with Crippen LogP contribution in [0.15, 0.2) is 35.7 Å². The average molecular weight is 317 g/mol. The highest BCUT2D eigenvalue weighted by molar-refractivity contribution is 7.09. The fourth-order valence-corrected chi connectivity index (χ4v) is 3.05. The third-order valence-corrected chi connectivity index (χ3v) is 4.47. The summed E-state index contributed by atoms with van der Waals surface area (Å²) in [6.45, 7) is 2.71. The number of aromatic nitrogens is 1. The minimum atomic E-state index is -0.237. The Kier molecular flexibility index (Phi) is 6.55. The quantitative estimate of drug-likeness (QED) is 0.736. The van der Waals surface area contributed by atoms with Crippen molar-refractivity contribution < 1.29 is 4.79 Å². The summed E-state index contributed by atoms with van der Waals surface area (Å²) in [5, 5.41) is 6.19. The molecule has 2 rings (SSSR count). The van der Waals surface area contributed by atoms with Gasteiger partial charge in [0.05, 0.1) is 5.01 Å². The predicted molar refractivity (Wildman–Crippen MR) is 90.8 cm³/mol. The van der Waals surface area contributed by atoms with Crippen LogP contribution in [0.3, 0.4) is 0 Å². The van der Waals surface area contributed by atoms with E-state index in [2.05, 4.69) is 15.7 Å². The number of nitrogens with one attached hydrogen (secondary N) is 1. The molecule has 1 unspecified atom stereocenters. The lowest BCUT2D eigenvalue weighted by atomic mass is 10.0. The molecule has 0 bridgehead atoms. The molecule has 0 saturated heterocycles. The lowest BCUT2D eigenvalue weighted by molar-refractivity contribution is -0.121. The zero-order chi connectivity index (χ0) is 15.8. The van der Waals surface area contributed by atoms with Crippen LogP contribution < -0.4 is 11.1 Å². The second kappa shape index (κ2) is 8.66. The van der Waals surface area contributed by atoms with Gasteiger partial charge < -0.3 is 11.1 Å². The van der Waals surface area contributed by atoms with Gasteiger partial charge in [0, 0.05) is 30.1 Å². The summed E-state index contributed by atoms with van der Waals surface area (Å²) in [6, 6.07) is 9.49. The maximum Gasteiger partial charge on any atom is 0.221 e. The van der Waals surface area contributed by atoms with E-state index in [4.69, 9.17) is 5.73 Å². The zero-order valence-corrected chi connectivity index (χ0v) is 13.7. The summed E-state index contributed by atoms with van der Waals surface area (Å²) in [5.41, 5.74) is 8.12. The van der Waals surface area contributed by atoms with E-state index in [1.54, 1.807) is 11.3 Å². The third kappa shape index (κ3) is 5.58. The molecule has 118 valence electrons. The number of hydrogen-bond acceptors (Lipinski definition) is 4. The molecule has 1 heterocycles. The monoisotopic (exact) mass is 317 g/mol. The van der Waals surface area contributed by atoms with Crippen molar-refractivity contribution in [2.75, 3.05) is 6.54 Å². The fourth-order valence-electron chi connectivity index (χ4n) is 2.24. The van der Waals surface area contributed by atoms with Gasteiger partial charge in [0.15, 0.2) is 0 Å². The first kappa shape index (κ1) is 16.6. The van der Waals surface area contributed by atoms with Gasteiger partial charge in [0.25, 0.3) is 0 Å². The number of nitrogens with zero attached hydrogens (tertiary/aromatic N) is 1. The van der Waals surface area contributed by atoms with Crippen molar-refractivity contribution in [1.29, 1.82) is 0 Å². The normalized spacial score (nSPS) is 12.1. The van der Waals surface area contributed by atoms with Gasteiger partial charge in [-0.15, -0.1) is 11.3 Å². The molecular formula is C17H23N3OS. The van der Waals surface area contributed by atoms with E-state index in [0.29, 0.717) is 13.0 Å². The van der Waals surface area contributed by atoms with E-state index in [-0.39, 0.29) is 11.9 Å². The predicted octanol–water partition coefficient (Wildman–Crippen LogP) is 2.98.